The number of nitrogens with zero attached hydrogens (tertiary/aromatic N) is 1. The molecule has 5 nitrogen and oxygen atoms in total. The van der Waals surface area contributed by atoms with Crippen LogP contribution in [-0.4, -0.2) is 35.7 Å². The summed E-state index contributed by atoms with van der Waals surface area (Å²) in [5.41, 5.74) is 0.854. The second-order valence-corrected chi connectivity index (χ2v) is 3.70. The van der Waals surface area contributed by atoms with Crippen molar-refractivity contribution in [3.05, 3.63) is 29.8 Å². The van der Waals surface area contributed by atoms with Gasteiger partial charge in [0.1, 0.15) is 5.75 Å². The maximum Gasteiger partial charge on any atom is 0.414 e. The highest BCUT2D eigenvalue weighted by molar-refractivity contribution is 5.72. The van der Waals surface area contributed by atoms with Crippen molar-refractivity contribution < 1.29 is 19.4 Å². The van der Waals surface area contributed by atoms with E-state index in [2.05, 4.69) is 0 Å². The third kappa shape index (κ3) is 4.14. The largest absolute Gasteiger partial charge is 0.481 e. The lowest BCUT2D eigenvalue weighted by molar-refractivity contribution is -0.137. The number of benzene rings is 1. The van der Waals surface area contributed by atoms with E-state index in [0.717, 1.165) is 5.56 Å². The molecule has 0 aromatic heterocycles. The molecule has 0 radical (unpaired) electrons. The number of carbonyl (C=O) groups excluding carboxylic acids is 1. The lowest BCUT2D eigenvalue weighted by Gasteiger charge is -2.16. The summed E-state index contributed by atoms with van der Waals surface area (Å²) >= 11 is 0. The second kappa shape index (κ2) is 5.89. The first-order valence-corrected chi connectivity index (χ1v) is 5.21. The highest BCUT2D eigenvalue weighted by atomic mass is 16.6. The van der Waals surface area contributed by atoms with Crippen LogP contribution < -0.4 is 4.74 Å². The fourth-order valence-electron chi connectivity index (χ4n) is 1.20. The van der Waals surface area contributed by atoms with E-state index < -0.39 is 12.1 Å². The zero-order valence-electron chi connectivity index (χ0n) is 9.84. The lowest BCUT2D eigenvalue weighted by atomic mass is 10.2. The van der Waals surface area contributed by atoms with Crippen molar-refractivity contribution in [3.8, 4) is 5.75 Å². The molecule has 0 unspecified atom stereocenters. The predicted molar refractivity (Wildman–Crippen MR) is 62.1 cm³/mol. The van der Waals surface area contributed by atoms with Crippen molar-refractivity contribution in [3.63, 3.8) is 0 Å². The molecule has 1 aromatic carbocycles. The van der Waals surface area contributed by atoms with Crippen LogP contribution in [0.15, 0.2) is 24.3 Å². The van der Waals surface area contributed by atoms with Gasteiger partial charge in [-0.25, -0.2) is 4.79 Å². The summed E-state index contributed by atoms with van der Waals surface area (Å²) in [6.07, 6.45) is -0.653. The van der Waals surface area contributed by atoms with E-state index in [9.17, 15) is 9.59 Å². The van der Waals surface area contributed by atoms with Crippen LogP contribution in [0.25, 0.3) is 0 Å². The number of para-hydroxylation sites is 1. The molecule has 0 heterocycles. The van der Waals surface area contributed by atoms with Crippen molar-refractivity contribution in [1.29, 1.82) is 0 Å². The molecule has 0 atom stereocenters. The normalized spacial score (nSPS) is 9.76. The van der Waals surface area contributed by atoms with Crippen molar-refractivity contribution in [2.75, 3.05) is 13.6 Å². The molecule has 1 aromatic rings. The van der Waals surface area contributed by atoms with Crippen molar-refractivity contribution in [1.82, 2.24) is 4.90 Å². The molecule has 0 saturated carbocycles. The van der Waals surface area contributed by atoms with Crippen LogP contribution in [0.1, 0.15) is 12.0 Å². The Hall–Kier alpha value is -2.04. The molecule has 1 N–H and O–H groups in total. The van der Waals surface area contributed by atoms with Gasteiger partial charge in [0.05, 0.1) is 6.42 Å². The number of carboxylic acid groups (broad SMARTS) is 1. The number of rotatable bonds is 4. The Labute approximate surface area is 99.6 Å². The van der Waals surface area contributed by atoms with Gasteiger partial charge in [0.15, 0.2) is 0 Å². The standard InChI is InChI=1S/C12H15NO4/c1-9-5-3-4-6-10(9)17-12(16)13(2)8-7-11(14)15/h3-6H,7-8H2,1-2H3,(H,14,15). The summed E-state index contributed by atoms with van der Waals surface area (Å²) in [5.74, 6) is -0.458. The Morgan fingerprint density at radius 1 is 1.35 bits per heavy atom. The lowest BCUT2D eigenvalue weighted by Crippen LogP contribution is -2.31. The van der Waals surface area contributed by atoms with Gasteiger partial charge in [0.2, 0.25) is 0 Å². The molecule has 92 valence electrons. The zero-order valence-corrected chi connectivity index (χ0v) is 9.84. The smallest absolute Gasteiger partial charge is 0.414 e. The number of amides is 1. The molecule has 0 aliphatic carbocycles. The Balaban J connectivity index is 2.54. The number of hydrogen-bond donors (Lipinski definition) is 1. The van der Waals surface area contributed by atoms with Crippen LogP contribution in [0.5, 0.6) is 5.75 Å². The number of aliphatic carboxylic acids is 1. The van der Waals surface area contributed by atoms with E-state index in [1.165, 1.54) is 11.9 Å². The van der Waals surface area contributed by atoms with E-state index in [4.69, 9.17) is 9.84 Å². The van der Waals surface area contributed by atoms with Crippen LogP contribution in [0, 0.1) is 6.92 Å². The summed E-state index contributed by atoms with van der Waals surface area (Å²) in [6.45, 7) is 1.96. The van der Waals surface area contributed by atoms with E-state index in [-0.39, 0.29) is 13.0 Å². The first-order valence-electron chi connectivity index (χ1n) is 5.21. The third-order valence-electron chi connectivity index (χ3n) is 2.26. The highest BCUT2D eigenvalue weighted by Gasteiger charge is 2.13. The SMILES string of the molecule is Cc1ccccc1OC(=O)N(C)CCC(=O)O. The molecule has 5 heteroatoms. The molecule has 0 saturated heterocycles. The topological polar surface area (TPSA) is 66.8 Å². The van der Waals surface area contributed by atoms with Crippen LogP contribution in [0.2, 0.25) is 0 Å². The van der Waals surface area contributed by atoms with Gasteiger partial charge in [-0.2, -0.15) is 0 Å². The van der Waals surface area contributed by atoms with Gasteiger partial charge in [-0.3, -0.25) is 4.79 Å². The molecule has 1 rings (SSSR count). The molecule has 0 bridgehead atoms. The summed E-state index contributed by atoms with van der Waals surface area (Å²) in [6, 6.07) is 7.14. The van der Waals surface area contributed by atoms with Gasteiger partial charge in [0, 0.05) is 13.6 Å². The Kier molecular flexibility index (Phi) is 4.51. The molecule has 0 fully saturated rings. The van der Waals surface area contributed by atoms with E-state index in [0.29, 0.717) is 5.75 Å². The summed E-state index contributed by atoms with van der Waals surface area (Å²) < 4.78 is 5.13. The van der Waals surface area contributed by atoms with E-state index >= 15 is 0 Å². The minimum Gasteiger partial charge on any atom is -0.481 e. The molecule has 0 aliphatic heterocycles. The van der Waals surface area contributed by atoms with Gasteiger partial charge in [0.25, 0.3) is 0 Å². The Morgan fingerprint density at radius 3 is 2.59 bits per heavy atom. The molecular weight excluding hydrogens is 222 g/mol. The van der Waals surface area contributed by atoms with E-state index in [1.54, 1.807) is 12.1 Å². The molecule has 1 amide bonds. The quantitative estimate of drug-likeness (QED) is 0.868. The minimum absolute atomic E-state index is 0.0978. The molecule has 0 aliphatic rings. The zero-order chi connectivity index (χ0) is 12.8. The van der Waals surface area contributed by atoms with Gasteiger partial charge in [-0.1, -0.05) is 18.2 Å². The highest BCUT2D eigenvalue weighted by Crippen LogP contribution is 2.16. The van der Waals surface area contributed by atoms with Gasteiger partial charge < -0.3 is 14.7 Å². The Bertz CT molecular complexity index is 417. The number of aryl methyl sites for hydroxylation is 1. The van der Waals surface area contributed by atoms with Crippen LogP contribution >= 0.6 is 0 Å². The van der Waals surface area contributed by atoms with Gasteiger partial charge in [-0.05, 0) is 18.6 Å². The third-order valence-corrected chi connectivity index (χ3v) is 2.26. The second-order valence-electron chi connectivity index (χ2n) is 3.70. The summed E-state index contributed by atoms with van der Waals surface area (Å²) in [7, 11) is 1.50. The summed E-state index contributed by atoms with van der Waals surface area (Å²) in [5, 5.41) is 8.50. The average Bonchev–Trinajstić information content (AvgIpc) is 2.28. The monoisotopic (exact) mass is 237 g/mol. The molecular formula is C12H15NO4. The maximum absolute atomic E-state index is 11.6. The van der Waals surface area contributed by atoms with Crippen LogP contribution in [0.3, 0.4) is 0 Å². The number of hydrogen-bond acceptors (Lipinski definition) is 3. The van der Waals surface area contributed by atoms with Gasteiger partial charge >= 0.3 is 12.1 Å². The first kappa shape index (κ1) is 13.0. The summed E-state index contributed by atoms with van der Waals surface area (Å²) in [4.78, 5) is 23.2. The predicted octanol–water partition coefficient (Wildman–Crippen LogP) is 1.90. The van der Waals surface area contributed by atoms with Gasteiger partial charge in [-0.15, -0.1) is 0 Å². The average molecular weight is 237 g/mol. The maximum atomic E-state index is 11.6. The fourth-order valence-corrected chi connectivity index (χ4v) is 1.20. The van der Waals surface area contributed by atoms with Crippen LogP contribution in [-0.2, 0) is 4.79 Å². The van der Waals surface area contributed by atoms with Crippen molar-refractivity contribution in [2.45, 2.75) is 13.3 Å². The fraction of sp³-hybridized carbons (Fsp3) is 0.333. The Morgan fingerprint density at radius 2 is 2.00 bits per heavy atom. The van der Waals surface area contributed by atoms with Crippen molar-refractivity contribution in [2.24, 2.45) is 0 Å². The number of ether oxygens (including phenoxy) is 1. The molecule has 17 heavy (non-hydrogen) atoms. The van der Waals surface area contributed by atoms with Crippen LogP contribution in [0.4, 0.5) is 4.79 Å². The minimum atomic E-state index is -0.944. The first-order chi connectivity index (χ1) is 8.00. The van der Waals surface area contributed by atoms with Crippen molar-refractivity contribution >= 4 is 12.1 Å². The number of carbonyl (C=O) groups is 2. The van der Waals surface area contributed by atoms with E-state index in [1.807, 2.05) is 19.1 Å². The molecule has 0 spiro atoms. The number of carboxylic acids is 1.